The smallest absolute Gasteiger partial charge is 0.417 e. The Morgan fingerprint density at radius 2 is 1.77 bits per heavy atom. The summed E-state index contributed by atoms with van der Waals surface area (Å²) < 4.78 is 39.2. The summed E-state index contributed by atoms with van der Waals surface area (Å²) in [7, 11) is -2.06. The van der Waals surface area contributed by atoms with Crippen LogP contribution in [0.4, 0.5) is 13.6 Å². The number of carbonyl (C=O) groups is 2. The van der Waals surface area contributed by atoms with Crippen molar-refractivity contribution in [3.63, 3.8) is 0 Å². The maximum absolute atomic E-state index is 13.6. The summed E-state index contributed by atoms with van der Waals surface area (Å²) in [6.07, 6.45) is -0.0761. The van der Waals surface area contributed by atoms with Gasteiger partial charge in [-0.1, -0.05) is 6.92 Å². The molecule has 1 aromatic rings. The number of imide groups is 1. The Morgan fingerprint density at radius 3 is 2.27 bits per heavy atom. The number of hydrogen-bond donors (Lipinski definition) is 0. The zero-order valence-corrected chi connectivity index (χ0v) is 19.9. The highest BCUT2D eigenvalue weighted by Gasteiger charge is 2.45. The van der Waals surface area contributed by atoms with Gasteiger partial charge in [0.15, 0.2) is 8.32 Å². The van der Waals surface area contributed by atoms with Gasteiger partial charge in [-0.15, -0.1) is 0 Å². The third kappa shape index (κ3) is 6.87. The molecule has 168 valence electrons. The highest BCUT2D eigenvalue weighted by Crippen LogP contribution is 2.32. The highest BCUT2D eigenvalue weighted by atomic mass is 28.4. The topological polar surface area (TPSA) is 55.8 Å². The van der Waals surface area contributed by atoms with Crippen molar-refractivity contribution in [2.75, 3.05) is 0 Å². The van der Waals surface area contributed by atoms with Crippen LogP contribution in [0.3, 0.4) is 0 Å². The molecule has 1 aromatic carbocycles. The lowest BCUT2D eigenvalue weighted by atomic mass is 9.90. The zero-order chi connectivity index (χ0) is 22.9. The van der Waals surface area contributed by atoms with E-state index in [1.807, 2.05) is 26.6 Å². The van der Waals surface area contributed by atoms with Crippen LogP contribution in [0, 0.1) is 17.6 Å². The summed E-state index contributed by atoms with van der Waals surface area (Å²) in [5, 5.41) is 0. The van der Waals surface area contributed by atoms with Gasteiger partial charge in [-0.25, -0.2) is 18.5 Å². The second-order valence-electron chi connectivity index (χ2n) is 10.0. The number of halogens is 2. The van der Waals surface area contributed by atoms with E-state index in [-0.39, 0.29) is 18.2 Å². The van der Waals surface area contributed by atoms with Crippen LogP contribution in [0.25, 0.3) is 0 Å². The molecular formula is C22H33F2NO4Si. The van der Waals surface area contributed by atoms with Crippen molar-refractivity contribution < 1.29 is 27.5 Å². The number of likely N-dealkylation sites (tertiary alicyclic amines) is 1. The zero-order valence-electron chi connectivity index (χ0n) is 18.9. The predicted octanol–water partition coefficient (Wildman–Crippen LogP) is 5.29. The Balaban J connectivity index is 2.32. The molecule has 1 aliphatic heterocycles. The average Bonchev–Trinajstić information content (AvgIpc) is 2.90. The van der Waals surface area contributed by atoms with E-state index in [9.17, 15) is 18.4 Å². The lowest BCUT2D eigenvalue weighted by molar-refractivity contribution is -0.129. The summed E-state index contributed by atoms with van der Waals surface area (Å²) in [6, 6.07) is 2.96. The summed E-state index contributed by atoms with van der Waals surface area (Å²) in [6.45, 7) is 13.3. The number of hydrogen-bond acceptors (Lipinski definition) is 4. The fraction of sp³-hybridized carbons (Fsp3) is 0.636. The molecule has 8 heteroatoms. The third-order valence-corrected chi connectivity index (χ3v) is 5.73. The summed E-state index contributed by atoms with van der Waals surface area (Å²) in [5.74, 6) is -1.74. The van der Waals surface area contributed by atoms with Crippen LogP contribution in [0.2, 0.25) is 19.6 Å². The van der Waals surface area contributed by atoms with E-state index in [4.69, 9.17) is 9.16 Å². The SMILES string of the molecule is C[C@@H](Cc1cc(F)cc(F)c1)[C@H](O[Si](C)(C)C)[C@@H]1CCC(=O)N1C(=O)OC(C)(C)C. The van der Waals surface area contributed by atoms with Gasteiger partial charge in [0, 0.05) is 12.5 Å². The van der Waals surface area contributed by atoms with Crippen LogP contribution in [0.1, 0.15) is 46.1 Å². The number of nitrogens with zero attached hydrogens (tertiary/aromatic N) is 1. The van der Waals surface area contributed by atoms with Crippen molar-refractivity contribution in [1.29, 1.82) is 0 Å². The van der Waals surface area contributed by atoms with E-state index >= 15 is 0 Å². The largest absolute Gasteiger partial charge is 0.443 e. The lowest BCUT2D eigenvalue weighted by Crippen LogP contribution is -2.52. The maximum atomic E-state index is 13.6. The normalized spacial score (nSPS) is 19.7. The van der Waals surface area contributed by atoms with Gasteiger partial charge in [0.1, 0.15) is 17.2 Å². The summed E-state index contributed by atoms with van der Waals surface area (Å²) in [4.78, 5) is 26.5. The molecule has 0 N–H and O–H groups in total. The first-order chi connectivity index (χ1) is 13.7. The van der Waals surface area contributed by atoms with Crippen LogP contribution < -0.4 is 0 Å². The van der Waals surface area contributed by atoms with Gasteiger partial charge in [-0.05, 0) is 76.9 Å². The first-order valence-electron chi connectivity index (χ1n) is 10.3. The van der Waals surface area contributed by atoms with E-state index in [0.29, 0.717) is 18.4 Å². The average molecular weight is 442 g/mol. The Hall–Kier alpha value is -1.80. The number of carbonyl (C=O) groups excluding carboxylic acids is 2. The molecule has 5 nitrogen and oxygen atoms in total. The van der Waals surface area contributed by atoms with Gasteiger partial charge in [-0.3, -0.25) is 4.79 Å². The van der Waals surface area contributed by atoms with E-state index < -0.39 is 43.8 Å². The molecule has 30 heavy (non-hydrogen) atoms. The quantitative estimate of drug-likeness (QED) is 0.563. The van der Waals surface area contributed by atoms with Crippen LogP contribution in [-0.2, 0) is 20.4 Å². The molecule has 0 aromatic heterocycles. The van der Waals surface area contributed by atoms with E-state index in [1.165, 1.54) is 17.0 Å². The van der Waals surface area contributed by atoms with Crippen molar-refractivity contribution in [2.24, 2.45) is 5.92 Å². The molecule has 1 saturated heterocycles. The van der Waals surface area contributed by atoms with Crippen molar-refractivity contribution >= 4 is 20.3 Å². The van der Waals surface area contributed by atoms with Crippen molar-refractivity contribution in [3.8, 4) is 0 Å². The van der Waals surface area contributed by atoms with Gasteiger partial charge >= 0.3 is 6.09 Å². The second-order valence-corrected chi connectivity index (χ2v) is 14.5. The molecule has 2 rings (SSSR count). The minimum Gasteiger partial charge on any atom is -0.443 e. The number of ether oxygens (including phenoxy) is 1. The Bertz CT molecular complexity index is 768. The molecule has 0 bridgehead atoms. The fourth-order valence-electron chi connectivity index (χ4n) is 3.76. The fourth-order valence-corrected chi connectivity index (χ4v) is 4.97. The molecule has 0 radical (unpaired) electrons. The highest BCUT2D eigenvalue weighted by molar-refractivity contribution is 6.69. The first-order valence-corrected chi connectivity index (χ1v) is 13.7. The first kappa shape index (κ1) is 24.5. The van der Waals surface area contributed by atoms with E-state index in [1.54, 1.807) is 20.8 Å². The van der Waals surface area contributed by atoms with Gasteiger partial charge in [0.2, 0.25) is 5.91 Å². The van der Waals surface area contributed by atoms with E-state index in [0.717, 1.165) is 6.07 Å². The van der Waals surface area contributed by atoms with Gasteiger partial charge in [-0.2, -0.15) is 0 Å². The Labute approximate surface area is 178 Å². The monoisotopic (exact) mass is 441 g/mol. The Kier molecular flexibility index (Phi) is 7.45. The minimum atomic E-state index is -2.06. The van der Waals surface area contributed by atoms with Crippen molar-refractivity contribution in [3.05, 3.63) is 35.4 Å². The van der Waals surface area contributed by atoms with Crippen LogP contribution in [-0.4, -0.2) is 43.0 Å². The molecule has 1 fully saturated rings. The molecule has 2 amide bonds. The molecule has 0 spiro atoms. The van der Waals surface area contributed by atoms with Gasteiger partial charge in [0.25, 0.3) is 0 Å². The number of amides is 2. The van der Waals surface area contributed by atoms with Crippen LogP contribution >= 0.6 is 0 Å². The van der Waals surface area contributed by atoms with E-state index in [2.05, 4.69) is 0 Å². The molecule has 1 aliphatic rings. The molecule has 1 heterocycles. The minimum absolute atomic E-state index is 0.182. The molecule has 3 atom stereocenters. The molecule has 0 saturated carbocycles. The third-order valence-electron chi connectivity index (χ3n) is 4.75. The second kappa shape index (κ2) is 9.14. The standard InChI is InChI=1S/C22H33F2NO4Si/c1-14(10-15-11-16(23)13-17(24)12-15)20(29-30(5,6)7)18-8-9-19(26)25(18)21(27)28-22(2,3)4/h11-14,18,20H,8-10H2,1-7H3/t14-,18-,20-/m0/s1. The molecular weight excluding hydrogens is 408 g/mol. The van der Waals surface area contributed by atoms with Crippen molar-refractivity contribution in [1.82, 2.24) is 4.90 Å². The number of rotatable bonds is 6. The van der Waals surface area contributed by atoms with Gasteiger partial charge < -0.3 is 9.16 Å². The number of benzene rings is 1. The molecule has 0 unspecified atom stereocenters. The summed E-state index contributed by atoms with van der Waals surface area (Å²) in [5.41, 5.74) is -0.220. The Morgan fingerprint density at radius 1 is 1.20 bits per heavy atom. The van der Waals surface area contributed by atoms with Crippen LogP contribution in [0.15, 0.2) is 18.2 Å². The van der Waals surface area contributed by atoms with Crippen LogP contribution in [0.5, 0.6) is 0 Å². The predicted molar refractivity (Wildman–Crippen MR) is 114 cm³/mol. The maximum Gasteiger partial charge on any atom is 0.417 e. The lowest BCUT2D eigenvalue weighted by Gasteiger charge is -2.38. The van der Waals surface area contributed by atoms with Crippen molar-refractivity contribution in [2.45, 2.75) is 84.3 Å². The molecule has 0 aliphatic carbocycles. The van der Waals surface area contributed by atoms with Gasteiger partial charge in [0.05, 0.1) is 12.1 Å². The summed E-state index contributed by atoms with van der Waals surface area (Å²) >= 11 is 0.